The molecule has 3 rings (SSSR count). The Labute approximate surface area is 178 Å². The number of rotatable bonds is 7. The summed E-state index contributed by atoms with van der Waals surface area (Å²) in [5, 5.41) is 13.2. The van der Waals surface area contributed by atoms with Crippen LogP contribution in [0.15, 0.2) is 24.3 Å². The van der Waals surface area contributed by atoms with Gasteiger partial charge in [-0.15, -0.1) is 0 Å². The fraction of sp³-hybridized carbons (Fsp3) is 0.591. The molecule has 5 atom stereocenters. The molecule has 2 N–H and O–H groups in total. The van der Waals surface area contributed by atoms with Crippen molar-refractivity contribution in [2.45, 2.75) is 57.8 Å². The van der Waals surface area contributed by atoms with Crippen LogP contribution in [0.25, 0.3) is 0 Å². The number of hydrogen-bond donors (Lipinski definition) is 2. The number of carbonyl (C=O) groups excluding carboxylic acids is 2. The van der Waals surface area contributed by atoms with E-state index >= 15 is 0 Å². The molecule has 2 amide bonds. The lowest BCUT2D eigenvalue weighted by atomic mass is 9.72. The highest BCUT2D eigenvalue weighted by Gasteiger charge is 2.69. The van der Waals surface area contributed by atoms with E-state index in [0.717, 1.165) is 23.5 Å². The third kappa shape index (κ3) is 3.62. The topological polar surface area (TPSA) is 86.7 Å². The number of carbonyl (C=O) groups is 3. The minimum absolute atomic E-state index is 0.148. The van der Waals surface area contributed by atoms with Gasteiger partial charge < -0.3 is 5.11 Å². The lowest BCUT2D eigenvalue weighted by Gasteiger charge is -2.36. The Morgan fingerprint density at radius 3 is 2.48 bits per heavy atom. The zero-order valence-electron chi connectivity index (χ0n) is 17.7. The summed E-state index contributed by atoms with van der Waals surface area (Å²) >= 11 is 0. The number of unbranched alkanes of at least 4 members (excludes halogenated alkanes) is 1. The van der Waals surface area contributed by atoms with Crippen molar-refractivity contribution in [3.8, 4) is 0 Å². The molecular formula is C22H27F3N2O4. The van der Waals surface area contributed by atoms with E-state index in [1.54, 1.807) is 13.8 Å². The van der Waals surface area contributed by atoms with E-state index in [2.05, 4.69) is 5.32 Å². The number of alkyl halides is 3. The smallest absolute Gasteiger partial charge is 0.416 e. The predicted octanol–water partition coefficient (Wildman–Crippen LogP) is 3.62. The Kier molecular flexibility index (Phi) is 6.19. The predicted molar refractivity (Wildman–Crippen MR) is 106 cm³/mol. The maximum Gasteiger partial charge on any atom is 0.416 e. The van der Waals surface area contributed by atoms with Crippen LogP contribution in [-0.2, 0) is 20.6 Å². The van der Waals surface area contributed by atoms with Crippen molar-refractivity contribution in [3.63, 3.8) is 0 Å². The second-order valence-corrected chi connectivity index (χ2v) is 8.41. The average Bonchev–Trinajstić information content (AvgIpc) is 3.20. The normalized spacial score (nSPS) is 29.4. The first-order valence-electron chi connectivity index (χ1n) is 10.5. The van der Waals surface area contributed by atoms with E-state index in [0.29, 0.717) is 12.8 Å². The molecule has 0 aliphatic carbocycles. The van der Waals surface area contributed by atoms with Gasteiger partial charge in [-0.3, -0.25) is 24.6 Å². The highest BCUT2D eigenvalue weighted by Crippen LogP contribution is 2.52. The molecule has 2 saturated heterocycles. The summed E-state index contributed by atoms with van der Waals surface area (Å²) < 4.78 is 39.8. The highest BCUT2D eigenvalue weighted by molar-refractivity contribution is 6.09. The molecule has 9 heteroatoms. The molecule has 0 aromatic heterocycles. The van der Waals surface area contributed by atoms with Crippen LogP contribution < -0.4 is 5.32 Å². The van der Waals surface area contributed by atoms with Crippen LogP contribution in [0.2, 0.25) is 0 Å². The van der Waals surface area contributed by atoms with Crippen LogP contribution in [-0.4, -0.2) is 39.9 Å². The van der Waals surface area contributed by atoms with Crippen LogP contribution in [0.4, 0.5) is 13.2 Å². The van der Waals surface area contributed by atoms with Crippen LogP contribution in [0.1, 0.15) is 57.2 Å². The Morgan fingerprint density at radius 2 is 1.94 bits per heavy atom. The fourth-order valence-corrected chi connectivity index (χ4v) is 4.91. The maximum atomic E-state index is 13.3. The number of hydrogen-bond acceptors (Lipinski definition) is 4. The molecule has 0 spiro atoms. The molecule has 2 aliphatic heterocycles. The number of fused-ring (bicyclic) bond motifs is 1. The standard InChI is InChI=1S/C22H27F3N2O4/c1-4-6-10-27-18(28)15-16(19(27)29)21(20(30)31,12(3)5-2)26-17(15)13-8-7-9-14(11-13)22(23,24)25/h7-9,11-12,15-17,26H,4-6,10H2,1-3H3,(H,30,31). The summed E-state index contributed by atoms with van der Waals surface area (Å²) in [6.45, 7) is 5.53. The van der Waals surface area contributed by atoms with Gasteiger partial charge in [0.1, 0.15) is 5.54 Å². The van der Waals surface area contributed by atoms with Gasteiger partial charge in [0.15, 0.2) is 0 Å². The first-order chi connectivity index (χ1) is 14.5. The van der Waals surface area contributed by atoms with Crippen molar-refractivity contribution < 1.29 is 32.7 Å². The number of carboxylic acid groups (broad SMARTS) is 1. The molecule has 1 aromatic carbocycles. The minimum atomic E-state index is -4.59. The van der Waals surface area contributed by atoms with Gasteiger partial charge in [0.25, 0.3) is 0 Å². The van der Waals surface area contributed by atoms with Gasteiger partial charge in [0.05, 0.1) is 17.4 Å². The highest BCUT2D eigenvalue weighted by atomic mass is 19.4. The second kappa shape index (κ2) is 8.26. The summed E-state index contributed by atoms with van der Waals surface area (Å²) in [7, 11) is 0. The molecule has 31 heavy (non-hydrogen) atoms. The summed E-state index contributed by atoms with van der Waals surface area (Å²) in [6, 6.07) is 3.50. The van der Waals surface area contributed by atoms with Crippen molar-refractivity contribution in [3.05, 3.63) is 35.4 Å². The Hall–Kier alpha value is -2.42. The number of imide groups is 1. The van der Waals surface area contributed by atoms with E-state index in [1.807, 2.05) is 6.92 Å². The van der Waals surface area contributed by atoms with E-state index in [9.17, 15) is 32.7 Å². The number of nitrogens with one attached hydrogen (secondary N) is 1. The number of carboxylic acids is 1. The number of likely N-dealkylation sites (tertiary alicyclic amines) is 1. The molecular weight excluding hydrogens is 413 g/mol. The lowest BCUT2D eigenvalue weighted by Crippen LogP contribution is -2.59. The SMILES string of the molecule is CCCCN1C(=O)C2C(c3cccc(C(F)(F)F)c3)NC(C(=O)O)(C(C)CC)C2C1=O. The van der Waals surface area contributed by atoms with E-state index in [1.165, 1.54) is 12.1 Å². The maximum absolute atomic E-state index is 13.3. The quantitative estimate of drug-likeness (QED) is 0.633. The molecule has 170 valence electrons. The molecule has 2 fully saturated rings. The first-order valence-corrected chi connectivity index (χ1v) is 10.5. The Balaban J connectivity index is 2.15. The van der Waals surface area contributed by atoms with Crippen molar-refractivity contribution >= 4 is 17.8 Å². The van der Waals surface area contributed by atoms with Gasteiger partial charge >= 0.3 is 12.1 Å². The number of nitrogens with zero attached hydrogens (tertiary/aromatic N) is 1. The van der Waals surface area contributed by atoms with E-state index < -0.39 is 58.9 Å². The summed E-state index contributed by atoms with van der Waals surface area (Å²) in [5.74, 6) is -5.14. The van der Waals surface area contributed by atoms with Gasteiger partial charge in [-0.25, -0.2) is 0 Å². The summed E-state index contributed by atoms with van der Waals surface area (Å²) in [4.78, 5) is 40.1. The number of halogens is 3. The number of amides is 2. The van der Waals surface area contributed by atoms with Crippen molar-refractivity contribution in [2.75, 3.05) is 6.54 Å². The van der Waals surface area contributed by atoms with Gasteiger partial charge in [-0.05, 0) is 30.0 Å². The molecule has 0 bridgehead atoms. The largest absolute Gasteiger partial charge is 0.480 e. The fourth-order valence-electron chi connectivity index (χ4n) is 4.91. The van der Waals surface area contributed by atoms with Gasteiger partial charge in [0, 0.05) is 12.6 Å². The molecule has 0 saturated carbocycles. The van der Waals surface area contributed by atoms with Crippen molar-refractivity contribution in [1.82, 2.24) is 10.2 Å². The molecule has 6 nitrogen and oxygen atoms in total. The molecule has 0 radical (unpaired) electrons. The third-order valence-electron chi connectivity index (χ3n) is 6.74. The van der Waals surface area contributed by atoms with Gasteiger partial charge in [0.2, 0.25) is 11.8 Å². The van der Waals surface area contributed by atoms with Crippen LogP contribution >= 0.6 is 0 Å². The average molecular weight is 440 g/mol. The van der Waals surface area contributed by atoms with Crippen molar-refractivity contribution in [1.29, 1.82) is 0 Å². The summed E-state index contributed by atoms with van der Waals surface area (Å²) in [6.07, 6.45) is -2.87. The molecule has 2 aliphatic rings. The van der Waals surface area contributed by atoms with Gasteiger partial charge in [-0.2, -0.15) is 13.2 Å². The van der Waals surface area contributed by atoms with Crippen molar-refractivity contribution in [2.24, 2.45) is 17.8 Å². The number of aliphatic carboxylic acids is 1. The summed E-state index contributed by atoms with van der Waals surface area (Å²) in [5.41, 5.74) is -2.49. The third-order valence-corrected chi connectivity index (χ3v) is 6.74. The minimum Gasteiger partial charge on any atom is -0.480 e. The van der Waals surface area contributed by atoms with E-state index in [-0.39, 0.29) is 12.1 Å². The number of benzene rings is 1. The molecule has 5 unspecified atom stereocenters. The Morgan fingerprint density at radius 1 is 1.26 bits per heavy atom. The van der Waals surface area contributed by atoms with Gasteiger partial charge in [-0.1, -0.05) is 45.7 Å². The first kappa shape index (κ1) is 23.2. The van der Waals surface area contributed by atoms with Crippen LogP contribution in [0.3, 0.4) is 0 Å². The zero-order chi connectivity index (χ0) is 23.1. The monoisotopic (exact) mass is 440 g/mol. The molecule has 2 heterocycles. The lowest BCUT2D eigenvalue weighted by molar-refractivity contribution is -0.154. The van der Waals surface area contributed by atoms with Crippen LogP contribution in [0.5, 0.6) is 0 Å². The zero-order valence-corrected chi connectivity index (χ0v) is 17.7. The van der Waals surface area contributed by atoms with Crippen LogP contribution in [0, 0.1) is 17.8 Å². The second-order valence-electron chi connectivity index (χ2n) is 8.41. The Bertz CT molecular complexity index is 888. The molecule has 1 aromatic rings. The van der Waals surface area contributed by atoms with E-state index in [4.69, 9.17) is 0 Å².